The maximum absolute atomic E-state index is 11.8. The Morgan fingerprint density at radius 1 is 1.36 bits per heavy atom. The second-order valence-electron chi connectivity index (χ2n) is 5.58. The molecule has 0 saturated heterocycles. The third kappa shape index (κ3) is 6.40. The van der Waals surface area contributed by atoms with Crippen molar-refractivity contribution in [2.45, 2.75) is 38.7 Å². The quantitative estimate of drug-likeness (QED) is 0.411. The molecular formula is C17H24AcNO3-. The van der Waals surface area contributed by atoms with Crippen molar-refractivity contribution < 1.29 is 58.7 Å². The smallest absolute Gasteiger partial charge is 0.161 e. The molecule has 1 unspecified atom stereocenters. The molecule has 0 spiro atoms. The third-order valence-electron chi connectivity index (χ3n) is 3.98. The van der Waals surface area contributed by atoms with Gasteiger partial charge < -0.3 is 15.6 Å². The van der Waals surface area contributed by atoms with Crippen molar-refractivity contribution in [1.82, 2.24) is 0 Å². The third-order valence-corrected chi connectivity index (χ3v) is 3.98. The van der Waals surface area contributed by atoms with Gasteiger partial charge in [-0.3, -0.25) is 4.79 Å². The van der Waals surface area contributed by atoms with Gasteiger partial charge >= 0.3 is 0 Å². The van der Waals surface area contributed by atoms with Gasteiger partial charge in [-0.1, -0.05) is 38.1 Å². The van der Waals surface area contributed by atoms with Crippen LogP contribution in [0.2, 0.25) is 0 Å². The SMILES string of the molecule is COC(CCc1ccc([NH-])cc1)(CC(=O)/C=C/O)C(C)C.[Ac]. The van der Waals surface area contributed by atoms with Crippen LogP contribution in [-0.2, 0) is 16.0 Å². The molecule has 0 aromatic heterocycles. The summed E-state index contributed by atoms with van der Waals surface area (Å²) in [5.41, 5.74) is 8.56. The summed E-state index contributed by atoms with van der Waals surface area (Å²) in [7, 11) is 1.63. The van der Waals surface area contributed by atoms with Gasteiger partial charge in [0.1, 0.15) is 0 Å². The van der Waals surface area contributed by atoms with E-state index < -0.39 is 5.60 Å². The Morgan fingerprint density at radius 2 is 1.95 bits per heavy atom. The largest absolute Gasteiger partial charge is 0.699 e. The summed E-state index contributed by atoms with van der Waals surface area (Å²) in [6, 6.07) is 7.38. The number of hydrogen-bond donors (Lipinski definition) is 1. The number of benzene rings is 1. The first-order valence-corrected chi connectivity index (χ1v) is 7.13. The molecule has 2 N–H and O–H groups in total. The average molecular weight is 517 g/mol. The van der Waals surface area contributed by atoms with Gasteiger partial charge in [0.05, 0.1) is 11.9 Å². The van der Waals surface area contributed by atoms with Gasteiger partial charge in [0.2, 0.25) is 0 Å². The molecule has 5 heteroatoms. The Labute approximate surface area is 168 Å². The molecule has 0 heterocycles. The van der Waals surface area contributed by atoms with E-state index in [9.17, 15) is 4.79 Å². The fraction of sp³-hybridized carbons (Fsp3) is 0.471. The van der Waals surface area contributed by atoms with E-state index in [-0.39, 0.29) is 62.2 Å². The predicted molar refractivity (Wildman–Crippen MR) is 84.7 cm³/mol. The van der Waals surface area contributed by atoms with Crippen molar-refractivity contribution in [2.24, 2.45) is 5.92 Å². The van der Waals surface area contributed by atoms with Crippen LogP contribution in [-0.4, -0.2) is 23.6 Å². The van der Waals surface area contributed by atoms with Gasteiger partial charge in [-0.2, -0.15) is 0 Å². The zero-order valence-corrected chi connectivity index (χ0v) is 18.2. The monoisotopic (exact) mass is 517 g/mol. The van der Waals surface area contributed by atoms with Crippen molar-refractivity contribution in [3.05, 3.63) is 47.9 Å². The van der Waals surface area contributed by atoms with Crippen molar-refractivity contribution in [3.8, 4) is 0 Å². The standard InChI is InChI=1S/C17H24NO3.Ac/c1-13(2)17(21-3,12-16(20)9-11-19)10-8-14-4-6-15(18)7-5-14;/h4-7,9,11,13,18H,8,10,12H2,1-3H3,(H,19,20);/q-1;. The van der Waals surface area contributed by atoms with Crippen LogP contribution in [0.1, 0.15) is 32.3 Å². The van der Waals surface area contributed by atoms with Gasteiger partial charge in [-0.05, 0) is 24.3 Å². The summed E-state index contributed by atoms with van der Waals surface area (Å²) in [5.74, 6) is 0.0311. The van der Waals surface area contributed by atoms with Gasteiger partial charge in [-0.15, -0.1) is 5.69 Å². The minimum Gasteiger partial charge on any atom is -0.699 e. The topological polar surface area (TPSA) is 70.3 Å². The van der Waals surface area contributed by atoms with E-state index >= 15 is 0 Å². The fourth-order valence-electron chi connectivity index (χ4n) is 2.46. The van der Waals surface area contributed by atoms with Crippen LogP contribution in [0.3, 0.4) is 0 Å². The number of ether oxygens (including phenoxy) is 1. The molecule has 1 aromatic rings. The number of ketones is 1. The van der Waals surface area contributed by atoms with Gasteiger partial charge in [-0.25, -0.2) is 0 Å². The number of aliphatic hydroxyl groups excluding tert-OH is 1. The fourth-order valence-corrected chi connectivity index (χ4v) is 2.46. The van der Waals surface area contributed by atoms with Crippen LogP contribution in [0.4, 0.5) is 5.69 Å². The van der Waals surface area contributed by atoms with Crippen molar-refractivity contribution >= 4 is 11.5 Å². The Hall–Kier alpha value is -0.368. The summed E-state index contributed by atoms with van der Waals surface area (Å²) >= 11 is 0. The maximum atomic E-state index is 11.8. The first-order valence-electron chi connectivity index (χ1n) is 7.13. The number of aliphatic hydroxyl groups is 1. The predicted octanol–water partition coefficient (Wildman–Crippen LogP) is 4.38. The number of allylic oxidation sites excluding steroid dienone is 1. The normalized spacial score (nSPS) is 13.8. The molecule has 0 aliphatic rings. The Balaban J connectivity index is 0.00000441. The molecule has 119 valence electrons. The van der Waals surface area contributed by atoms with Crippen LogP contribution in [0.5, 0.6) is 0 Å². The van der Waals surface area contributed by atoms with Crippen LogP contribution < -0.4 is 0 Å². The molecule has 0 aliphatic carbocycles. The summed E-state index contributed by atoms with van der Waals surface area (Å²) in [5, 5.41) is 8.72. The molecule has 4 nitrogen and oxygen atoms in total. The number of carbonyl (C=O) groups is 1. The molecule has 0 fully saturated rings. The van der Waals surface area contributed by atoms with Gasteiger partial charge in [0, 0.05) is 63.7 Å². The van der Waals surface area contributed by atoms with Crippen molar-refractivity contribution in [2.75, 3.05) is 7.11 Å². The molecule has 0 amide bonds. The average Bonchev–Trinajstić information content (AvgIpc) is 2.45. The summed E-state index contributed by atoms with van der Waals surface area (Å²) in [6.07, 6.45) is 3.68. The first-order chi connectivity index (χ1) is 9.93. The summed E-state index contributed by atoms with van der Waals surface area (Å²) < 4.78 is 5.69. The first kappa shape index (κ1) is 21.6. The van der Waals surface area contributed by atoms with Crippen LogP contribution in [0.25, 0.3) is 5.73 Å². The van der Waals surface area contributed by atoms with Gasteiger partial charge in [0.15, 0.2) is 5.78 Å². The second kappa shape index (κ2) is 10.4. The van der Waals surface area contributed by atoms with Crippen molar-refractivity contribution in [3.63, 3.8) is 0 Å². The molecule has 22 heavy (non-hydrogen) atoms. The molecular weight excluding hydrogens is 493 g/mol. The number of methoxy groups -OCH3 is 1. The van der Waals surface area contributed by atoms with E-state index in [4.69, 9.17) is 15.6 Å². The van der Waals surface area contributed by atoms with E-state index in [1.807, 2.05) is 26.0 Å². The number of carbonyl (C=O) groups excluding carboxylic acids is 1. The minimum absolute atomic E-state index is 0. The molecule has 0 aliphatic heterocycles. The van der Waals surface area contributed by atoms with E-state index in [1.54, 1.807) is 19.2 Å². The molecule has 1 rings (SSSR count). The van der Waals surface area contributed by atoms with Crippen molar-refractivity contribution in [1.29, 1.82) is 0 Å². The zero-order valence-electron chi connectivity index (χ0n) is 13.5. The number of nitrogens with one attached hydrogen (secondary N) is 1. The summed E-state index contributed by atoms with van der Waals surface area (Å²) in [4.78, 5) is 11.8. The molecule has 0 saturated carbocycles. The van der Waals surface area contributed by atoms with Crippen LogP contribution in [0, 0.1) is 50.0 Å². The van der Waals surface area contributed by atoms with E-state index in [2.05, 4.69) is 0 Å². The molecule has 0 bridgehead atoms. The van der Waals surface area contributed by atoms with E-state index in [1.165, 1.54) is 6.08 Å². The summed E-state index contributed by atoms with van der Waals surface area (Å²) in [6.45, 7) is 4.07. The number of rotatable bonds is 8. The molecule has 1 aromatic carbocycles. The Kier molecular flexibility index (Phi) is 10.2. The second-order valence-corrected chi connectivity index (χ2v) is 5.58. The zero-order chi connectivity index (χ0) is 15.9. The Morgan fingerprint density at radius 3 is 2.41 bits per heavy atom. The van der Waals surface area contributed by atoms with E-state index in [0.29, 0.717) is 12.1 Å². The molecule has 1 atom stereocenters. The maximum Gasteiger partial charge on any atom is 0.161 e. The van der Waals surface area contributed by atoms with Gasteiger partial charge in [0.25, 0.3) is 0 Å². The minimum atomic E-state index is -0.545. The molecule has 1 radical (unpaired) electrons. The van der Waals surface area contributed by atoms with E-state index in [0.717, 1.165) is 18.2 Å². The Bertz CT molecular complexity index is 485. The number of aryl methyl sites for hydroxylation is 1. The van der Waals surface area contributed by atoms with Crippen LogP contribution in [0.15, 0.2) is 36.6 Å². The number of hydrogen-bond acceptors (Lipinski definition) is 3. The van der Waals surface area contributed by atoms with Crippen LogP contribution >= 0.6 is 0 Å².